The summed E-state index contributed by atoms with van der Waals surface area (Å²) in [4.78, 5) is 16.7. The number of pyridine rings is 1. The maximum absolute atomic E-state index is 12.0. The molecule has 4 aromatic rings. The summed E-state index contributed by atoms with van der Waals surface area (Å²) in [6, 6.07) is 15.4. The fourth-order valence-corrected chi connectivity index (χ4v) is 4.11. The van der Waals surface area contributed by atoms with Crippen molar-refractivity contribution in [1.82, 2.24) is 19.9 Å². The number of rotatable bonds is 6. The van der Waals surface area contributed by atoms with E-state index in [1.54, 1.807) is 12.1 Å². The quantitative estimate of drug-likeness (QED) is 0.425. The monoisotopic (exact) mass is 436 g/mol. The van der Waals surface area contributed by atoms with Gasteiger partial charge >= 0.3 is 5.97 Å². The van der Waals surface area contributed by atoms with Crippen molar-refractivity contribution < 1.29 is 18.3 Å². The summed E-state index contributed by atoms with van der Waals surface area (Å²) >= 11 is 0. The van der Waals surface area contributed by atoms with Crippen molar-refractivity contribution in [2.75, 3.05) is 7.05 Å². The Kier molecular flexibility index (Phi) is 5.30. The molecule has 0 saturated carbocycles. The number of carboxylic acids is 1. The third-order valence-corrected chi connectivity index (χ3v) is 6.56. The van der Waals surface area contributed by atoms with E-state index in [1.807, 2.05) is 24.3 Å². The number of aromatic nitrogens is 3. The highest BCUT2D eigenvalue weighted by Crippen LogP contribution is 2.32. The highest BCUT2D eigenvalue weighted by atomic mass is 32.2. The largest absolute Gasteiger partial charge is 0.478 e. The normalized spacial score (nSPS) is 11.7. The Bertz CT molecular complexity index is 1380. The number of hydrogen-bond acceptors (Lipinski definition) is 5. The fraction of sp³-hybridized carbons (Fsp3) is 0.136. The first-order chi connectivity index (χ1) is 14.8. The van der Waals surface area contributed by atoms with Crippen LogP contribution >= 0.6 is 0 Å². The van der Waals surface area contributed by atoms with Crippen LogP contribution in [-0.4, -0.2) is 41.7 Å². The predicted molar refractivity (Wildman–Crippen MR) is 117 cm³/mol. The van der Waals surface area contributed by atoms with Crippen LogP contribution in [-0.2, 0) is 16.4 Å². The Morgan fingerprint density at radius 3 is 2.29 bits per heavy atom. The maximum Gasteiger partial charge on any atom is 0.336 e. The van der Waals surface area contributed by atoms with Crippen molar-refractivity contribution in [2.45, 2.75) is 18.2 Å². The second-order valence-corrected chi connectivity index (χ2v) is 8.83. The summed E-state index contributed by atoms with van der Waals surface area (Å²) in [7, 11) is -2.23. The van der Waals surface area contributed by atoms with Crippen LogP contribution in [0.5, 0.6) is 0 Å². The van der Waals surface area contributed by atoms with E-state index in [2.05, 4.69) is 26.8 Å². The highest BCUT2D eigenvalue weighted by molar-refractivity contribution is 7.89. The number of benzene rings is 2. The summed E-state index contributed by atoms with van der Waals surface area (Å²) in [5.41, 5.74) is 3.89. The van der Waals surface area contributed by atoms with Gasteiger partial charge < -0.3 is 5.11 Å². The average molecular weight is 436 g/mol. The smallest absolute Gasteiger partial charge is 0.336 e. The molecule has 8 nitrogen and oxygen atoms in total. The van der Waals surface area contributed by atoms with Gasteiger partial charge in [0.2, 0.25) is 10.0 Å². The van der Waals surface area contributed by atoms with Crippen LogP contribution in [0, 0.1) is 0 Å². The van der Waals surface area contributed by atoms with E-state index in [4.69, 9.17) is 0 Å². The zero-order valence-corrected chi connectivity index (χ0v) is 17.7. The van der Waals surface area contributed by atoms with E-state index in [1.165, 1.54) is 30.8 Å². The molecule has 2 aromatic heterocycles. The minimum Gasteiger partial charge on any atom is -0.478 e. The summed E-state index contributed by atoms with van der Waals surface area (Å²) in [5, 5.41) is 17.4. The van der Waals surface area contributed by atoms with E-state index in [9.17, 15) is 18.3 Å². The Balaban J connectivity index is 1.84. The summed E-state index contributed by atoms with van der Waals surface area (Å²) < 4.78 is 26.1. The van der Waals surface area contributed by atoms with Gasteiger partial charge in [0.1, 0.15) is 0 Å². The lowest BCUT2D eigenvalue weighted by Gasteiger charge is -2.07. The van der Waals surface area contributed by atoms with Crippen molar-refractivity contribution in [3.05, 3.63) is 65.7 Å². The molecule has 0 aliphatic rings. The van der Waals surface area contributed by atoms with Crippen LogP contribution in [0.3, 0.4) is 0 Å². The molecule has 0 radical (unpaired) electrons. The molecule has 0 amide bonds. The van der Waals surface area contributed by atoms with Crippen LogP contribution in [0.15, 0.2) is 59.5 Å². The van der Waals surface area contributed by atoms with Crippen LogP contribution in [0.4, 0.5) is 0 Å². The van der Waals surface area contributed by atoms with Gasteiger partial charge in [-0.3, -0.25) is 5.10 Å². The SMILES string of the molecule is CCc1ccc(-c2[nH]nc3nc(-c4ccc(S(=O)(=O)NC)cc4)cc(C(=O)O)c23)cc1. The Hall–Kier alpha value is -3.56. The second-order valence-electron chi connectivity index (χ2n) is 6.94. The molecule has 2 aromatic carbocycles. The van der Waals surface area contributed by atoms with Crippen LogP contribution in [0.1, 0.15) is 22.8 Å². The van der Waals surface area contributed by atoms with E-state index in [0.29, 0.717) is 22.3 Å². The first kappa shape index (κ1) is 20.7. The fourth-order valence-electron chi connectivity index (χ4n) is 3.38. The van der Waals surface area contributed by atoms with Crippen LogP contribution in [0.25, 0.3) is 33.5 Å². The lowest BCUT2D eigenvalue weighted by molar-refractivity contribution is 0.0699. The number of aromatic carboxylic acids is 1. The number of nitrogens with zero attached hydrogens (tertiary/aromatic N) is 2. The van der Waals surface area contributed by atoms with Gasteiger partial charge in [-0.2, -0.15) is 5.10 Å². The van der Waals surface area contributed by atoms with E-state index < -0.39 is 16.0 Å². The second kappa shape index (κ2) is 7.93. The minimum absolute atomic E-state index is 0.0650. The van der Waals surface area contributed by atoms with Gasteiger partial charge in [0.25, 0.3) is 0 Å². The van der Waals surface area contributed by atoms with Crippen molar-refractivity contribution in [1.29, 1.82) is 0 Å². The van der Waals surface area contributed by atoms with Gasteiger partial charge in [0, 0.05) is 11.1 Å². The molecule has 3 N–H and O–H groups in total. The standard InChI is InChI=1S/C22H20N4O4S/c1-3-13-4-6-15(7-5-13)20-19-17(22(27)28)12-18(24-21(19)26-25-20)14-8-10-16(11-9-14)31(29,30)23-2/h4-12,23H,3H2,1-2H3,(H,27,28)(H,24,25,26). The third kappa shape index (κ3) is 3.80. The van der Waals surface area contributed by atoms with E-state index >= 15 is 0 Å². The Morgan fingerprint density at radius 2 is 1.71 bits per heavy atom. The molecular formula is C22H20N4O4S. The van der Waals surface area contributed by atoms with Crippen molar-refractivity contribution in [3.63, 3.8) is 0 Å². The number of aromatic amines is 1. The first-order valence-electron chi connectivity index (χ1n) is 9.59. The lowest BCUT2D eigenvalue weighted by atomic mass is 10.0. The molecule has 0 saturated heterocycles. The van der Waals surface area contributed by atoms with Crippen molar-refractivity contribution >= 4 is 27.0 Å². The van der Waals surface area contributed by atoms with E-state index in [0.717, 1.165) is 12.0 Å². The number of fused-ring (bicyclic) bond motifs is 1. The summed E-state index contributed by atoms with van der Waals surface area (Å²) in [5.74, 6) is -1.10. The molecule has 4 rings (SSSR count). The number of carboxylic acid groups (broad SMARTS) is 1. The van der Waals surface area contributed by atoms with Gasteiger partial charge in [-0.05, 0) is 37.2 Å². The zero-order chi connectivity index (χ0) is 22.2. The molecule has 31 heavy (non-hydrogen) atoms. The van der Waals surface area contributed by atoms with Crippen molar-refractivity contribution in [3.8, 4) is 22.5 Å². The zero-order valence-electron chi connectivity index (χ0n) is 16.9. The summed E-state index contributed by atoms with van der Waals surface area (Å²) in [6.07, 6.45) is 0.906. The maximum atomic E-state index is 12.0. The first-order valence-corrected chi connectivity index (χ1v) is 11.1. The molecule has 0 unspecified atom stereocenters. The van der Waals surface area contributed by atoms with Crippen LogP contribution < -0.4 is 4.72 Å². The molecule has 0 atom stereocenters. The van der Waals surface area contributed by atoms with Gasteiger partial charge in [-0.15, -0.1) is 0 Å². The molecule has 9 heteroatoms. The van der Waals surface area contributed by atoms with Gasteiger partial charge in [-0.25, -0.2) is 22.9 Å². The Labute approximate surface area is 179 Å². The van der Waals surface area contributed by atoms with E-state index in [-0.39, 0.29) is 16.1 Å². The van der Waals surface area contributed by atoms with Crippen molar-refractivity contribution in [2.24, 2.45) is 0 Å². The minimum atomic E-state index is -3.57. The van der Waals surface area contributed by atoms with Gasteiger partial charge in [0.05, 0.1) is 27.2 Å². The lowest BCUT2D eigenvalue weighted by Crippen LogP contribution is -2.18. The molecule has 158 valence electrons. The molecule has 0 aliphatic carbocycles. The molecule has 0 fully saturated rings. The predicted octanol–water partition coefficient (Wildman–Crippen LogP) is 3.46. The topological polar surface area (TPSA) is 125 Å². The number of sulfonamides is 1. The van der Waals surface area contributed by atoms with Gasteiger partial charge in [-0.1, -0.05) is 43.3 Å². The number of aryl methyl sites for hydroxylation is 1. The number of carbonyl (C=O) groups is 1. The average Bonchev–Trinajstić information content (AvgIpc) is 3.22. The Morgan fingerprint density at radius 1 is 1.06 bits per heavy atom. The highest BCUT2D eigenvalue weighted by Gasteiger charge is 2.20. The number of nitrogens with one attached hydrogen (secondary N) is 2. The molecule has 0 aliphatic heterocycles. The number of H-pyrrole nitrogens is 1. The summed E-state index contributed by atoms with van der Waals surface area (Å²) in [6.45, 7) is 2.06. The molecule has 2 heterocycles. The number of hydrogen-bond donors (Lipinski definition) is 3. The molecule has 0 bridgehead atoms. The molecule has 0 spiro atoms. The van der Waals surface area contributed by atoms with Gasteiger partial charge in [0.15, 0.2) is 5.65 Å². The van der Waals surface area contributed by atoms with Crippen LogP contribution in [0.2, 0.25) is 0 Å². The third-order valence-electron chi connectivity index (χ3n) is 5.13. The molecular weight excluding hydrogens is 416 g/mol.